The van der Waals surface area contributed by atoms with Crippen molar-refractivity contribution in [2.45, 2.75) is 38.8 Å². The number of ether oxygens (including phenoxy) is 2. The summed E-state index contributed by atoms with van der Waals surface area (Å²) < 4.78 is 14.5. The van der Waals surface area contributed by atoms with Gasteiger partial charge in [0.1, 0.15) is 0 Å². The van der Waals surface area contributed by atoms with Gasteiger partial charge in [0, 0.05) is 0 Å². The molecule has 0 radical (unpaired) electrons. The zero-order chi connectivity index (χ0) is 19.3. The predicted molar refractivity (Wildman–Crippen MR) is 117 cm³/mol. The zero-order valence-electron chi connectivity index (χ0n) is 16.1. The Morgan fingerprint density at radius 3 is 1.57 bits per heavy atom. The molecule has 0 saturated carbocycles. The minimum absolute atomic E-state index is 0.297. The van der Waals surface area contributed by atoms with Crippen LogP contribution in [0.25, 0.3) is 0 Å². The number of rotatable bonds is 7. The summed E-state index contributed by atoms with van der Waals surface area (Å²) in [7, 11) is 0. The Morgan fingerprint density at radius 1 is 0.750 bits per heavy atom. The van der Waals surface area contributed by atoms with Gasteiger partial charge in [-0.05, 0) is 0 Å². The second-order valence-electron chi connectivity index (χ2n) is 6.77. The van der Waals surface area contributed by atoms with Gasteiger partial charge in [0.2, 0.25) is 0 Å². The number of hydrogen-bond acceptors (Lipinski definition) is 4. The summed E-state index contributed by atoms with van der Waals surface area (Å²) in [5, 5.41) is 0. The quantitative estimate of drug-likeness (QED) is 0.540. The van der Waals surface area contributed by atoms with E-state index in [0.29, 0.717) is 51.6 Å². The molecule has 2 aliphatic rings. The second kappa shape index (κ2) is 9.28. The van der Waals surface area contributed by atoms with E-state index in [1.165, 1.54) is 20.1 Å². The third-order valence-corrected chi connectivity index (χ3v) is 12.1. The first kappa shape index (κ1) is 19.7. The Hall–Kier alpha value is -1.58. The molecule has 2 atom stereocenters. The summed E-state index contributed by atoms with van der Waals surface area (Å²) in [6.45, 7) is 5.73. The van der Waals surface area contributed by atoms with Crippen LogP contribution in [-0.4, -0.2) is 63.4 Å². The molecule has 146 valence electrons. The van der Waals surface area contributed by atoms with E-state index in [1.54, 1.807) is 0 Å². The van der Waals surface area contributed by atoms with Gasteiger partial charge >= 0.3 is 178 Å². The summed E-state index contributed by atoms with van der Waals surface area (Å²) in [6.07, 6.45) is 2.05. The van der Waals surface area contributed by atoms with E-state index in [9.17, 15) is 0 Å². The van der Waals surface area contributed by atoms with Gasteiger partial charge < -0.3 is 0 Å². The van der Waals surface area contributed by atoms with Crippen LogP contribution in [0.2, 0.25) is 0 Å². The van der Waals surface area contributed by atoms with E-state index in [0.717, 1.165) is 24.6 Å². The van der Waals surface area contributed by atoms with Gasteiger partial charge in [-0.3, -0.25) is 0 Å². The van der Waals surface area contributed by atoms with E-state index in [1.807, 2.05) is 0 Å². The summed E-state index contributed by atoms with van der Waals surface area (Å²) in [6, 6.07) is 17.7. The molecule has 0 saturated heterocycles. The Kier molecular flexibility index (Phi) is 6.54. The number of aliphatic imine (C=N–C) groups is 2. The van der Waals surface area contributed by atoms with Crippen LogP contribution >= 0.6 is 0 Å². The average Bonchev–Trinajstić information content (AvgIpc) is 3.42. The standard InChI is InChI=1S/C22H24N2O2Se2/c1-3-15-13-25-21(23-15)17-9-5-7-11-19(17)27-28-20-12-8-6-10-18(20)22-24-16(4-2)14-26-22/h5-12,15-16H,3-4,13-14H2,1-2H3/t15-,16-/m1/s1. The molecular formula is C22H24N2O2Se2. The van der Waals surface area contributed by atoms with Gasteiger partial charge in [0.25, 0.3) is 0 Å². The van der Waals surface area contributed by atoms with Crippen LogP contribution in [0.15, 0.2) is 58.5 Å². The minimum atomic E-state index is 0.297. The van der Waals surface area contributed by atoms with E-state index >= 15 is 0 Å². The van der Waals surface area contributed by atoms with Crippen molar-refractivity contribution in [1.29, 1.82) is 0 Å². The third kappa shape index (κ3) is 4.36. The van der Waals surface area contributed by atoms with Crippen LogP contribution in [0.1, 0.15) is 37.8 Å². The van der Waals surface area contributed by atoms with Gasteiger partial charge in [-0.15, -0.1) is 0 Å². The molecule has 6 heteroatoms. The van der Waals surface area contributed by atoms with Crippen molar-refractivity contribution in [2.24, 2.45) is 9.98 Å². The monoisotopic (exact) mass is 508 g/mol. The molecule has 0 aliphatic carbocycles. The summed E-state index contributed by atoms with van der Waals surface area (Å²) in [4.78, 5) is 9.53. The summed E-state index contributed by atoms with van der Waals surface area (Å²) in [5.74, 6) is 1.64. The molecule has 28 heavy (non-hydrogen) atoms. The molecule has 0 amide bonds. The Balaban J connectivity index is 1.54. The van der Waals surface area contributed by atoms with Crippen LogP contribution in [0, 0.1) is 0 Å². The van der Waals surface area contributed by atoms with Crippen molar-refractivity contribution < 1.29 is 9.47 Å². The maximum atomic E-state index is 5.89. The van der Waals surface area contributed by atoms with Crippen molar-refractivity contribution in [3.63, 3.8) is 0 Å². The van der Waals surface area contributed by atoms with Crippen molar-refractivity contribution in [2.75, 3.05) is 13.2 Å². The Morgan fingerprint density at radius 2 is 1.18 bits per heavy atom. The molecule has 0 bridgehead atoms. The maximum absolute atomic E-state index is 5.89. The second-order valence-corrected chi connectivity index (χ2v) is 13.0. The number of benzene rings is 2. The third-order valence-electron chi connectivity index (χ3n) is 4.82. The molecule has 2 heterocycles. The fraction of sp³-hybridized carbons (Fsp3) is 0.364. The normalized spacial score (nSPS) is 21.1. The summed E-state index contributed by atoms with van der Waals surface area (Å²) >= 11 is 0.665. The molecule has 0 unspecified atom stereocenters. The Bertz CT molecular complexity index is 824. The number of nitrogens with zero attached hydrogens (tertiary/aromatic N) is 2. The van der Waals surface area contributed by atoms with E-state index in [-0.39, 0.29) is 0 Å². The van der Waals surface area contributed by atoms with Crippen LogP contribution < -0.4 is 8.92 Å². The van der Waals surface area contributed by atoms with Crippen LogP contribution in [0.3, 0.4) is 0 Å². The average molecular weight is 506 g/mol. The molecule has 0 aromatic heterocycles. The SMILES string of the molecule is CC[C@@H]1COC(c2ccccc2[Se][Se]c2ccccc2C2=N[C@H](CC)CO2)=N1. The zero-order valence-corrected chi connectivity index (χ0v) is 19.6. The fourth-order valence-electron chi connectivity index (χ4n) is 3.07. The molecular weight excluding hydrogens is 482 g/mol. The van der Waals surface area contributed by atoms with Crippen molar-refractivity contribution in [3.8, 4) is 0 Å². The van der Waals surface area contributed by atoms with E-state index in [4.69, 9.17) is 19.5 Å². The predicted octanol–water partition coefficient (Wildman–Crippen LogP) is 2.07. The van der Waals surface area contributed by atoms with E-state index in [2.05, 4.69) is 62.4 Å². The molecule has 0 spiro atoms. The van der Waals surface area contributed by atoms with E-state index < -0.39 is 0 Å². The van der Waals surface area contributed by atoms with Gasteiger partial charge in [0.15, 0.2) is 0 Å². The van der Waals surface area contributed by atoms with Crippen LogP contribution in [-0.2, 0) is 9.47 Å². The topological polar surface area (TPSA) is 43.2 Å². The number of hydrogen-bond donors (Lipinski definition) is 0. The molecule has 4 nitrogen and oxygen atoms in total. The van der Waals surface area contributed by atoms with Crippen LogP contribution in [0.4, 0.5) is 0 Å². The Labute approximate surface area is 177 Å². The molecule has 0 fully saturated rings. The van der Waals surface area contributed by atoms with Crippen molar-refractivity contribution in [3.05, 3.63) is 59.7 Å². The molecule has 2 aliphatic heterocycles. The van der Waals surface area contributed by atoms with Crippen molar-refractivity contribution in [1.82, 2.24) is 0 Å². The molecule has 2 aromatic carbocycles. The first-order valence-corrected chi connectivity index (χ1v) is 15.8. The first-order valence-electron chi connectivity index (χ1n) is 9.73. The molecule has 2 aromatic rings. The molecule has 0 N–H and O–H groups in total. The fourth-order valence-corrected chi connectivity index (χ4v) is 10.2. The van der Waals surface area contributed by atoms with Crippen molar-refractivity contribution >= 4 is 47.0 Å². The van der Waals surface area contributed by atoms with Gasteiger partial charge in [-0.1, -0.05) is 0 Å². The van der Waals surface area contributed by atoms with Crippen LogP contribution in [0.5, 0.6) is 0 Å². The first-order chi connectivity index (χ1) is 13.8. The van der Waals surface area contributed by atoms with Gasteiger partial charge in [-0.25, -0.2) is 0 Å². The molecule has 4 rings (SSSR count). The van der Waals surface area contributed by atoms with Gasteiger partial charge in [0.05, 0.1) is 0 Å². The summed E-state index contributed by atoms with van der Waals surface area (Å²) in [5.41, 5.74) is 2.33. The van der Waals surface area contributed by atoms with Gasteiger partial charge in [-0.2, -0.15) is 0 Å².